The van der Waals surface area contributed by atoms with Crippen LogP contribution in [0.15, 0.2) is 17.0 Å². The zero-order valence-electron chi connectivity index (χ0n) is 7.05. The predicted molar refractivity (Wildman–Crippen MR) is 46.9 cm³/mol. The average molecular weight is 219 g/mol. The molecule has 14 heavy (non-hydrogen) atoms. The Morgan fingerprint density at radius 2 is 1.86 bits per heavy atom. The molecule has 0 radical (unpaired) electrons. The first-order valence-corrected chi connectivity index (χ1v) is 5.61. The first-order valence-electron chi connectivity index (χ1n) is 3.96. The molecule has 1 aromatic rings. The lowest BCUT2D eigenvalue weighted by molar-refractivity contribution is 0.504. The van der Waals surface area contributed by atoms with Crippen molar-refractivity contribution in [1.82, 2.24) is 0 Å². The minimum absolute atomic E-state index is 0.0922. The van der Waals surface area contributed by atoms with E-state index in [0.29, 0.717) is 6.07 Å². The van der Waals surface area contributed by atoms with Crippen molar-refractivity contribution in [2.45, 2.75) is 4.90 Å². The van der Waals surface area contributed by atoms with E-state index in [1.807, 2.05) is 0 Å². The molecule has 3 nitrogen and oxygen atoms in total. The van der Waals surface area contributed by atoms with E-state index in [0.717, 1.165) is 6.07 Å². The largest absolute Gasteiger partial charge is 0.383 e. The van der Waals surface area contributed by atoms with Gasteiger partial charge in [0.1, 0.15) is 0 Å². The van der Waals surface area contributed by atoms with Crippen LogP contribution in [0.25, 0.3) is 0 Å². The van der Waals surface area contributed by atoms with E-state index >= 15 is 0 Å². The fourth-order valence-corrected chi connectivity index (χ4v) is 2.69. The van der Waals surface area contributed by atoms with Gasteiger partial charge in [-0.15, -0.1) is 0 Å². The van der Waals surface area contributed by atoms with Gasteiger partial charge < -0.3 is 5.32 Å². The number of benzene rings is 1. The highest BCUT2D eigenvalue weighted by Gasteiger charge is 2.25. The van der Waals surface area contributed by atoms with Gasteiger partial charge in [0.25, 0.3) is 0 Å². The SMILES string of the molecule is O=S1(=O)CCNc2cc(F)c(F)cc21. The second-order valence-corrected chi connectivity index (χ2v) is 5.09. The van der Waals surface area contributed by atoms with Crippen molar-refractivity contribution in [1.29, 1.82) is 0 Å². The maximum atomic E-state index is 12.8. The normalized spacial score (nSPS) is 18.4. The van der Waals surface area contributed by atoms with Crippen molar-refractivity contribution in [2.75, 3.05) is 17.6 Å². The monoisotopic (exact) mass is 219 g/mol. The van der Waals surface area contributed by atoms with Gasteiger partial charge in [-0.3, -0.25) is 0 Å². The summed E-state index contributed by atoms with van der Waals surface area (Å²) < 4.78 is 48.3. The lowest BCUT2D eigenvalue weighted by Gasteiger charge is -2.18. The highest BCUT2D eigenvalue weighted by atomic mass is 32.2. The van der Waals surface area contributed by atoms with Crippen molar-refractivity contribution in [2.24, 2.45) is 0 Å². The molecule has 0 aromatic heterocycles. The van der Waals surface area contributed by atoms with Gasteiger partial charge in [0.15, 0.2) is 21.5 Å². The van der Waals surface area contributed by atoms with E-state index in [9.17, 15) is 17.2 Å². The number of hydrogen-bond acceptors (Lipinski definition) is 3. The van der Waals surface area contributed by atoms with E-state index in [4.69, 9.17) is 0 Å². The van der Waals surface area contributed by atoms with Gasteiger partial charge >= 0.3 is 0 Å². The van der Waals surface area contributed by atoms with Crippen molar-refractivity contribution in [3.63, 3.8) is 0 Å². The summed E-state index contributed by atoms with van der Waals surface area (Å²) in [5.74, 6) is -2.28. The topological polar surface area (TPSA) is 46.2 Å². The van der Waals surface area contributed by atoms with Crippen LogP contribution in [0.3, 0.4) is 0 Å². The quantitative estimate of drug-likeness (QED) is 0.666. The number of anilines is 1. The third-order valence-electron chi connectivity index (χ3n) is 2.04. The molecule has 6 heteroatoms. The summed E-state index contributed by atoms with van der Waals surface area (Å²) in [6.07, 6.45) is 0. The van der Waals surface area contributed by atoms with E-state index in [1.165, 1.54) is 0 Å². The smallest absolute Gasteiger partial charge is 0.182 e. The number of sulfone groups is 1. The van der Waals surface area contributed by atoms with Crippen LogP contribution >= 0.6 is 0 Å². The first kappa shape index (κ1) is 9.39. The van der Waals surface area contributed by atoms with E-state index < -0.39 is 21.5 Å². The third kappa shape index (κ3) is 1.35. The van der Waals surface area contributed by atoms with Crippen LogP contribution in [0, 0.1) is 11.6 Å². The Kier molecular flexibility index (Phi) is 1.95. The summed E-state index contributed by atoms with van der Waals surface area (Å²) in [5.41, 5.74) is 0.134. The second-order valence-electron chi connectivity index (χ2n) is 3.01. The summed E-state index contributed by atoms with van der Waals surface area (Å²) in [7, 11) is -3.45. The molecule has 0 saturated carbocycles. The zero-order valence-corrected chi connectivity index (χ0v) is 7.87. The van der Waals surface area contributed by atoms with E-state index in [1.54, 1.807) is 0 Å². The Bertz CT molecular complexity index is 484. The summed E-state index contributed by atoms with van der Waals surface area (Å²) >= 11 is 0. The van der Waals surface area contributed by atoms with Crippen LogP contribution in [0.2, 0.25) is 0 Å². The molecule has 0 saturated heterocycles. The molecule has 0 fully saturated rings. The molecule has 0 bridgehead atoms. The lowest BCUT2D eigenvalue weighted by Crippen LogP contribution is -2.23. The van der Waals surface area contributed by atoms with E-state index in [-0.39, 0.29) is 22.9 Å². The van der Waals surface area contributed by atoms with Gasteiger partial charge in [0.05, 0.1) is 16.3 Å². The number of nitrogens with one attached hydrogen (secondary N) is 1. The number of halogens is 2. The molecule has 0 amide bonds. The first-order chi connectivity index (χ1) is 6.50. The standard InChI is InChI=1S/C8H7F2NO2S/c9-5-3-7-8(4-6(5)10)14(12,13)2-1-11-7/h3-4,11H,1-2H2. The zero-order chi connectivity index (χ0) is 10.3. The summed E-state index contributed by atoms with van der Waals surface area (Å²) in [6.45, 7) is 0.223. The van der Waals surface area contributed by atoms with Gasteiger partial charge in [-0.05, 0) is 6.07 Å². The van der Waals surface area contributed by atoms with Gasteiger partial charge in [0.2, 0.25) is 0 Å². The summed E-state index contributed by atoms with van der Waals surface area (Å²) in [6, 6.07) is 1.58. The maximum Gasteiger partial charge on any atom is 0.182 e. The van der Waals surface area contributed by atoms with Crippen molar-refractivity contribution < 1.29 is 17.2 Å². The molecular formula is C8H7F2NO2S. The molecule has 0 spiro atoms. The van der Waals surface area contributed by atoms with Crippen LogP contribution in [0.5, 0.6) is 0 Å². The molecule has 0 unspecified atom stereocenters. The van der Waals surface area contributed by atoms with Gasteiger partial charge in [-0.25, -0.2) is 17.2 Å². The van der Waals surface area contributed by atoms with Crippen LogP contribution in [-0.2, 0) is 9.84 Å². The van der Waals surface area contributed by atoms with Gasteiger partial charge in [-0.1, -0.05) is 0 Å². The molecule has 76 valence electrons. The summed E-state index contributed by atoms with van der Waals surface area (Å²) in [4.78, 5) is -0.164. The molecule has 2 rings (SSSR count). The molecule has 1 N–H and O–H groups in total. The third-order valence-corrected chi connectivity index (χ3v) is 3.79. The molecule has 1 aliphatic heterocycles. The molecule has 1 aliphatic rings. The molecular weight excluding hydrogens is 212 g/mol. The molecule has 1 heterocycles. The maximum absolute atomic E-state index is 12.8. The highest BCUT2D eigenvalue weighted by molar-refractivity contribution is 7.91. The number of rotatable bonds is 0. The highest BCUT2D eigenvalue weighted by Crippen LogP contribution is 2.28. The minimum Gasteiger partial charge on any atom is -0.383 e. The van der Waals surface area contributed by atoms with Crippen LogP contribution in [0.4, 0.5) is 14.5 Å². The Hall–Kier alpha value is -1.17. The average Bonchev–Trinajstić information content (AvgIpc) is 2.08. The number of hydrogen-bond donors (Lipinski definition) is 1. The second kappa shape index (κ2) is 2.91. The summed E-state index contributed by atoms with van der Waals surface area (Å²) in [5, 5.41) is 2.70. The molecule has 0 atom stereocenters. The number of fused-ring (bicyclic) bond motifs is 1. The van der Waals surface area contributed by atoms with Crippen LogP contribution < -0.4 is 5.32 Å². The van der Waals surface area contributed by atoms with Crippen LogP contribution in [-0.4, -0.2) is 20.7 Å². The van der Waals surface area contributed by atoms with E-state index in [2.05, 4.69) is 5.32 Å². The van der Waals surface area contributed by atoms with Gasteiger partial charge in [-0.2, -0.15) is 0 Å². The fourth-order valence-electron chi connectivity index (χ4n) is 1.35. The van der Waals surface area contributed by atoms with Crippen molar-refractivity contribution >= 4 is 15.5 Å². The van der Waals surface area contributed by atoms with Crippen molar-refractivity contribution in [3.8, 4) is 0 Å². The van der Waals surface area contributed by atoms with Crippen molar-refractivity contribution in [3.05, 3.63) is 23.8 Å². The molecule has 0 aliphatic carbocycles. The lowest BCUT2D eigenvalue weighted by atomic mass is 10.3. The fraction of sp³-hybridized carbons (Fsp3) is 0.250. The Morgan fingerprint density at radius 1 is 1.21 bits per heavy atom. The Labute approximate surface area is 79.7 Å². The molecule has 1 aromatic carbocycles. The van der Waals surface area contributed by atoms with Gasteiger partial charge in [0, 0.05) is 12.6 Å². The Balaban J connectivity index is 2.71. The van der Waals surface area contributed by atoms with Crippen LogP contribution in [0.1, 0.15) is 0 Å². The minimum atomic E-state index is -3.45. The Morgan fingerprint density at radius 3 is 2.57 bits per heavy atom. The predicted octanol–water partition coefficient (Wildman–Crippen LogP) is 1.16.